The van der Waals surface area contributed by atoms with Crippen molar-refractivity contribution >= 4 is 5.91 Å². The number of hydrogen-bond acceptors (Lipinski definition) is 2. The van der Waals surface area contributed by atoms with Gasteiger partial charge in [-0.15, -0.1) is 0 Å². The molecule has 1 fully saturated rings. The van der Waals surface area contributed by atoms with Crippen molar-refractivity contribution in [3.05, 3.63) is 0 Å². The van der Waals surface area contributed by atoms with E-state index < -0.39 is 0 Å². The van der Waals surface area contributed by atoms with E-state index in [9.17, 15) is 4.79 Å². The first-order chi connectivity index (χ1) is 6.13. The highest BCUT2D eigenvalue weighted by Gasteiger charge is 2.32. The maximum Gasteiger partial charge on any atom is 0.222 e. The van der Waals surface area contributed by atoms with E-state index >= 15 is 0 Å². The Bertz CT molecular complexity index is 187. The van der Waals surface area contributed by atoms with Crippen molar-refractivity contribution in [1.82, 2.24) is 4.90 Å². The molecule has 1 aliphatic heterocycles. The Balaban J connectivity index is 2.72. The summed E-state index contributed by atoms with van der Waals surface area (Å²) in [6.07, 6.45) is 3.84. The second kappa shape index (κ2) is 4.09. The van der Waals surface area contributed by atoms with Crippen LogP contribution in [0.3, 0.4) is 0 Å². The Morgan fingerprint density at radius 3 is 2.85 bits per heavy atom. The van der Waals surface area contributed by atoms with Crippen LogP contribution in [-0.2, 0) is 4.79 Å². The van der Waals surface area contributed by atoms with Crippen molar-refractivity contribution in [2.24, 2.45) is 11.1 Å². The molecule has 1 unspecified atom stereocenters. The summed E-state index contributed by atoms with van der Waals surface area (Å²) in [5.74, 6) is 0.254. The van der Waals surface area contributed by atoms with E-state index in [4.69, 9.17) is 5.73 Å². The topological polar surface area (TPSA) is 46.3 Å². The summed E-state index contributed by atoms with van der Waals surface area (Å²) < 4.78 is 0. The van der Waals surface area contributed by atoms with Gasteiger partial charge in [0, 0.05) is 20.0 Å². The molecule has 0 aromatic carbocycles. The lowest BCUT2D eigenvalue weighted by Crippen LogP contribution is -2.34. The zero-order valence-electron chi connectivity index (χ0n) is 8.68. The molecule has 0 aromatic rings. The van der Waals surface area contributed by atoms with E-state index in [0.717, 1.165) is 25.8 Å². The van der Waals surface area contributed by atoms with E-state index in [0.29, 0.717) is 13.0 Å². The monoisotopic (exact) mass is 184 g/mol. The first-order valence-electron chi connectivity index (χ1n) is 5.07. The second-order valence-corrected chi connectivity index (χ2v) is 4.15. The van der Waals surface area contributed by atoms with Crippen LogP contribution in [0.4, 0.5) is 0 Å². The molecule has 0 saturated carbocycles. The van der Waals surface area contributed by atoms with Crippen molar-refractivity contribution in [2.45, 2.75) is 32.6 Å². The van der Waals surface area contributed by atoms with Crippen molar-refractivity contribution in [1.29, 1.82) is 0 Å². The predicted octanol–water partition coefficient (Wildman–Crippen LogP) is 0.984. The van der Waals surface area contributed by atoms with Gasteiger partial charge in [0.25, 0.3) is 0 Å². The summed E-state index contributed by atoms with van der Waals surface area (Å²) in [7, 11) is 1.88. The Morgan fingerprint density at radius 2 is 2.31 bits per heavy atom. The van der Waals surface area contributed by atoms with E-state index in [-0.39, 0.29) is 11.3 Å². The molecular formula is C10H20N2O. The van der Waals surface area contributed by atoms with Crippen molar-refractivity contribution < 1.29 is 4.79 Å². The van der Waals surface area contributed by atoms with Gasteiger partial charge in [0.1, 0.15) is 0 Å². The number of nitrogens with two attached hydrogens (primary N) is 1. The van der Waals surface area contributed by atoms with Crippen LogP contribution >= 0.6 is 0 Å². The highest BCUT2D eigenvalue weighted by atomic mass is 16.2. The molecule has 76 valence electrons. The smallest absolute Gasteiger partial charge is 0.222 e. The van der Waals surface area contributed by atoms with Gasteiger partial charge < -0.3 is 10.6 Å². The zero-order valence-corrected chi connectivity index (χ0v) is 8.68. The quantitative estimate of drug-likeness (QED) is 0.695. The van der Waals surface area contributed by atoms with E-state index in [1.165, 1.54) is 0 Å². The van der Waals surface area contributed by atoms with Crippen molar-refractivity contribution in [2.75, 3.05) is 20.1 Å². The third-order valence-corrected chi connectivity index (χ3v) is 3.34. The maximum absolute atomic E-state index is 11.6. The van der Waals surface area contributed by atoms with Crippen LogP contribution in [0.5, 0.6) is 0 Å². The number of amides is 1. The van der Waals surface area contributed by atoms with Gasteiger partial charge in [0.2, 0.25) is 5.91 Å². The molecule has 0 radical (unpaired) electrons. The standard InChI is InChI=1S/C10H20N2O/c1-3-10(8-11)5-4-6-12(2)9(13)7-10/h3-8,11H2,1-2H3. The summed E-state index contributed by atoms with van der Waals surface area (Å²) >= 11 is 0. The molecular weight excluding hydrogens is 164 g/mol. The number of rotatable bonds is 2. The molecule has 3 nitrogen and oxygen atoms in total. The van der Waals surface area contributed by atoms with Gasteiger partial charge in [0.15, 0.2) is 0 Å². The fraction of sp³-hybridized carbons (Fsp3) is 0.900. The third kappa shape index (κ3) is 2.21. The van der Waals surface area contributed by atoms with Crippen LogP contribution in [0, 0.1) is 5.41 Å². The van der Waals surface area contributed by atoms with E-state index in [1.54, 1.807) is 0 Å². The number of nitrogens with zero attached hydrogens (tertiary/aromatic N) is 1. The second-order valence-electron chi connectivity index (χ2n) is 4.15. The SMILES string of the molecule is CCC1(CN)CCCN(C)C(=O)C1. The molecule has 1 aliphatic rings. The van der Waals surface area contributed by atoms with E-state index in [2.05, 4.69) is 6.92 Å². The fourth-order valence-corrected chi connectivity index (χ4v) is 1.98. The minimum atomic E-state index is 0.0852. The fourth-order valence-electron chi connectivity index (χ4n) is 1.98. The van der Waals surface area contributed by atoms with Crippen molar-refractivity contribution in [3.63, 3.8) is 0 Å². The summed E-state index contributed by atoms with van der Waals surface area (Å²) in [5.41, 5.74) is 5.84. The summed E-state index contributed by atoms with van der Waals surface area (Å²) in [6, 6.07) is 0. The van der Waals surface area contributed by atoms with Gasteiger partial charge in [0.05, 0.1) is 0 Å². The summed E-state index contributed by atoms with van der Waals surface area (Å²) in [5, 5.41) is 0. The van der Waals surface area contributed by atoms with Gasteiger partial charge in [-0.25, -0.2) is 0 Å². The Labute approximate surface area is 80.3 Å². The molecule has 0 spiro atoms. The van der Waals surface area contributed by atoms with Crippen LogP contribution in [0.1, 0.15) is 32.6 Å². The lowest BCUT2D eigenvalue weighted by molar-refractivity contribution is -0.131. The zero-order chi connectivity index (χ0) is 9.90. The lowest BCUT2D eigenvalue weighted by Gasteiger charge is -2.28. The van der Waals surface area contributed by atoms with E-state index in [1.807, 2.05) is 11.9 Å². The number of carbonyl (C=O) groups excluding carboxylic acids is 1. The highest BCUT2D eigenvalue weighted by Crippen LogP contribution is 2.33. The molecule has 0 aliphatic carbocycles. The normalized spacial score (nSPS) is 30.4. The molecule has 1 amide bonds. The largest absolute Gasteiger partial charge is 0.346 e. The summed E-state index contributed by atoms with van der Waals surface area (Å²) in [4.78, 5) is 13.4. The predicted molar refractivity (Wildman–Crippen MR) is 53.3 cm³/mol. The molecule has 1 saturated heterocycles. The van der Waals surface area contributed by atoms with Gasteiger partial charge in [-0.05, 0) is 31.2 Å². The molecule has 3 heteroatoms. The average Bonchev–Trinajstić information content (AvgIpc) is 2.28. The average molecular weight is 184 g/mol. The molecule has 13 heavy (non-hydrogen) atoms. The first-order valence-corrected chi connectivity index (χ1v) is 5.07. The molecule has 2 N–H and O–H groups in total. The summed E-state index contributed by atoms with van der Waals surface area (Å²) in [6.45, 7) is 3.66. The Morgan fingerprint density at radius 1 is 1.62 bits per heavy atom. The lowest BCUT2D eigenvalue weighted by atomic mass is 9.78. The Kier molecular flexibility index (Phi) is 3.31. The molecule has 1 atom stereocenters. The Hall–Kier alpha value is -0.570. The van der Waals surface area contributed by atoms with Crippen LogP contribution < -0.4 is 5.73 Å². The van der Waals surface area contributed by atoms with Crippen LogP contribution in [0.2, 0.25) is 0 Å². The molecule has 1 rings (SSSR count). The third-order valence-electron chi connectivity index (χ3n) is 3.34. The maximum atomic E-state index is 11.6. The van der Waals surface area contributed by atoms with Gasteiger partial charge >= 0.3 is 0 Å². The van der Waals surface area contributed by atoms with Gasteiger partial charge in [-0.2, -0.15) is 0 Å². The highest BCUT2D eigenvalue weighted by molar-refractivity contribution is 5.77. The first kappa shape index (κ1) is 10.5. The van der Waals surface area contributed by atoms with Gasteiger partial charge in [-0.1, -0.05) is 6.92 Å². The van der Waals surface area contributed by atoms with Crippen LogP contribution in [0.25, 0.3) is 0 Å². The number of carbonyl (C=O) groups is 1. The number of likely N-dealkylation sites (tertiary alicyclic amines) is 1. The molecule has 0 bridgehead atoms. The molecule has 0 aromatic heterocycles. The number of hydrogen-bond donors (Lipinski definition) is 1. The van der Waals surface area contributed by atoms with Crippen LogP contribution in [-0.4, -0.2) is 30.9 Å². The minimum absolute atomic E-state index is 0.0852. The molecule has 1 heterocycles. The van der Waals surface area contributed by atoms with Crippen molar-refractivity contribution in [3.8, 4) is 0 Å². The minimum Gasteiger partial charge on any atom is -0.346 e. The van der Waals surface area contributed by atoms with Gasteiger partial charge in [-0.3, -0.25) is 4.79 Å². The van der Waals surface area contributed by atoms with Crippen LogP contribution in [0.15, 0.2) is 0 Å².